The molecule has 1 aromatic carbocycles. The Hall–Kier alpha value is -2.34. The zero-order chi connectivity index (χ0) is 18.7. The van der Waals surface area contributed by atoms with Gasteiger partial charge in [0.05, 0.1) is 11.9 Å². The second-order valence-electron chi connectivity index (χ2n) is 6.83. The molecule has 1 aliphatic heterocycles. The second-order valence-corrected chi connectivity index (χ2v) is 7.20. The van der Waals surface area contributed by atoms with Crippen molar-refractivity contribution < 1.29 is 4.79 Å². The van der Waals surface area contributed by atoms with Crippen LogP contribution in [-0.2, 0) is 11.3 Å². The first-order chi connectivity index (χ1) is 12.5. The Morgan fingerprint density at radius 3 is 2.50 bits per heavy atom. The van der Waals surface area contributed by atoms with Crippen LogP contribution in [0.15, 0.2) is 35.3 Å². The molecular formula is C19H23ClN4O2. The number of halogens is 1. The van der Waals surface area contributed by atoms with Crippen molar-refractivity contribution in [1.29, 1.82) is 0 Å². The normalized spacial score (nSPS) is 14.1. The van der Waals surface area contributed by atoms with Crippen molar-refractivity contribution in [3.05, 3.63) is 51.4 Å². The molecule has 1 aromatic heterocycles. The molecule has 7 heteroatoms. The van der Waals surface area contributed by atoms with Gasteiger partial charge in [-0.05, 0) is 36.5 Å². The zero-order valence-corrected chi connectivity index (χ0v) is 15.8. The van der Waals surface area contributed by atoms with E-state index in [1.807, 2.05) is 24.3 Å². The average Bonchev–Trinajstić information content (AvgIpc) is 3.14. The second kappa shape index (κ2) is 7.91. The lowest BCUT2D eigenvalue weighted by Gasteiger charge is -2.18. The highest BCUT2D eigenvalue weighted by atomic mass is 35.5. The lowest BCUT2D eigenvalue weighted by molar-refractivity contribution is -0.117. The van der Waals surface area contributed by atoms with Crippen LogP contribution in [0, 0.1) is 0 Å². The molecule has 0 atom stereocenters. The third kappa shape index (κ3) is 4.07. The SMILES string of the molecule is CC(C)c1ccc(NC(=O)Cn2ncc(N3CCCC3)c(Cl)c2=O)cc1. The van der Waals surface area contributed by atoms with Crippen molar-refractivity contribution in [2.75, 3.05) is 23.3 Å². The van der Waals surface area contributed by atoms with E-state index < -0.39 is 5.56 Å². The van der Waals surface area contributed by atoms with Crippen LogP contribution in [0.4, 0.5) is 11.4 Å². The van der Waals surface area contributed by atoms with Crippen LogP contribution in [0.25, 0.3) is 0 Å². The summed E-state index contributed by atoms with van der Waals surface area (Å²) < 4.78 is 1.10. The number of nitrogens with one attached hydrogen (secondary N) is 1. The molecule has 0 saturated carbocycles. The minimum Gasteiger partial charge on any atom is -0.369 e. The van der Waals surface area contributed by atoms with E-state index in [9.17, 15) is 9.59 Å². The van der Waals surface area contributed by atoms with Crippen molar-refractivity contribution in [3.63, 3.8) is 0 Å². The highest BCUT2D eigenvalue weighted by Crippen LogP contribution is 2.24. The van der Waals surface area contributed by atoms with Gasteiger partial charge in [-0.15, -0.1) is 0 Å². The summed E-state index contributed by atoms with van der Waals surface area (Å²) in [6.45, 7) is 5.79. The topological polar surface area (TPSA) is 67.2 Å². The van der Waals surface area contributed by atoms with E-state index in [-0.39, 0.29) is 17.5 Å². The van der Waals surface area contributed by atoms with Gasteiger partial charge in [0.2, 0.25) is 5.91 Å². The zero-order valence-electron chi connectivity index (χ0n) is 15.0. The van der Waals surface area contributed by atoms with E-state index >= 15 is 0 Å². The van der Waals surface area contributed by atoms with E-state index in [0.29, 0.717) is 17.3 Å². The van der Waals surface area contributed by atoms with Gasteiger partial charge >= 0.3 is 0 Å². The van der Waals surface area contributed by atoms with E-state index in [1.165, 1.54) is 5.56 Å². The number of anilines is 2. The maximum absolute atomic E-state index is 12.4. The summed E-state index contributed by atoms with van der Waals surface area (Å²) in [6, 6.07) is 7.67. The number of rotatable bonds is 5. The molecular weight excluding hydrogens is 352 g/mol. The molecule has 138 valence electrons. The molecule has 0 aliphatic carbocycles. The third-order valence-corrected chi connectivity index (χ3v) is 4.92. The molecule has 1 N–H and O–H groups in total. The average molecular weight is 375 g/mol. The van der Waals surface area contributed by atoms with Gasteiger partial charge in [0.25, 0.3) is 5.56 Å². The number of hydrogen-bond acceptors (Lipinski definition) is 4. The molecule has 1 amide bonds. The van der Waals surface area contributed by atoms with Crippen molar-refractivity contribution >= 4 is 28.9 Å². The van der Waals surface area contributed by atoms with E-state index in [1.54, 1.807) is 6.20 Å². The molecule has 0 bridgehead atoms. The van der Waals surface area contributed by atoms with Crippen LogP contribution in [0.3, 0.4) is 0 Å². The van der Waals surface area contributed by atoms with Gasteiger partial charge in [0, 0.05) is 18.8 Å². The van der Waals surface area contributed by atoms with Crippen molar-refractivity contribution in [2.45, 2.75) is 39.2 Å². The molecule has 26 heavy (non-hydrogen) atoms. The first kappa shape index (κ1) is 18.5. The Morgan fingerprint density at radius 1 is 1.23 bits per heavy atom. The summed E-state index contributed by atoms with van der Waals surface area (Å²) in [5.41, 5.74) is 2.09. The fourth-order valence-corrected chi connectivity index (χ4v) is 3.30. The third-order valence-electron chi connectivity index (χ3n) is 4.57. The molecule has 1 saturated heterocycles. The van der Waals surface area contributed by atoms with Crippen LogP contribution in [0.5, 0.6) is 0 Å². The number of carbonyl (C=O) groups excluding carboxylic acids is 1. The number of carbonyl (C=O) groups is 1. The quantitative estimate of drug-likeness (QED) is 0.872. The predicted octanol–water partition coefficient (Wildman–Crippen LogP) is 3.26. The standard InChI is InChI=1S/C19H23ClN4O2/c1-13(2)14-5-7-15(8-6-14)22-17(25)12-24-19(26)18(20)16(11-21-24)23-9-3-4-10-23/h5-8,11,13H,3-4,9-10,12H2,1-2H3,(H,22,25). The molecule has 0 radical (unpaired) electrons. The molecule has 3 rings (SSSR count). The minimum absolute atomic E-state index is 0.121. The summed E-state index contributed by atoms with van der Waals surface area (Å²) in [4.78, 5) is 26.7. The van der Waals surface area contributed by atoms with Gasteiger partial charge in [-0.3, -0.25) is 9.59 Å². The fourth-order valence-electron chi connectivity index (χ4n) is 3.04. The van der Waals surface area contributed by atoms with E-state index in [2.05, 4.69) is 29.2 Å². The summed E-state index contributed by atoms with van der Waals surface area (Å²) in [6.07, 6.45) is 3.73. The monoisotopic (exact) mass is 374 g/mol. The molecule has 1 aliphatic rings. The fraction of sp³-hybridized carbons (Fsp3) is 0.421. The van der Waals surface area contributed by atoms with E-state index in [4.69, 9.17) is 11.6 Å². The van der Waals surface area contributed by atoms with Crippen molar-refractivity contribution in [3.8, 4) is 0 Å². The molecule has 0 spiro atoms. The first-order valence-corrected chi connectivity index (χ1v) is 9.24. The smallest absolute Gasteiger partial charge is 0.288 e. The van der Waals surface area contributed by atoms with Crippen LogP contribution >= 0.6 is 11.6 Å². The Labute approximate surface area is 157 Å². The number of hydrogen-bond donors (Lipinski definition) is 1. The van der Waals surface area contributed by atoms with Crippen LogP contribution in [-0.4, -0.2) is 28.8 Å². The Balaban J connectivity index is 1.69. The molecule has 6 nitrogen and oxygen atoms in total. The lowest BCUT2D eigenvalue weighted by atomic mass is 10.0. The Bertz CT molecular complexity index is 840. The number of benzene rings is 1. The maximum Gasteiger partial charge on any atom is 0.288 e. The number of aromatic nitrogens is 2. The summed E-state index contributed by atoms with van der Waals surface area (Å²) >= 11 is 6.22. The van der Waals surface area contributed by atoms with Gasteiger partial charge in [-0.25, -0.2) is 4.68 Å². The summed E-state index contributed by atoms with van der Waals surface area (Å²) in [7, 11) is 0. The summed E-state index contributed by atoms with van der Waals surface area (Å²) in [5, 5.41) is 7.02. The number of amides is 1. The molecule has 2 heterocycles. The van der Waals surface area contributed by atoms with Gasteiger partial charge < -0.3 is 10.2 Å². The largest absolute Gasteiger partial charge is 0.369 e. The summed E-state index contributed by atoms with van der Waals surface area (Å²) in [5.74, 6) is 0.112. The molecule has 2 aromatic rings. The van der Waals surface area contributed by atoms with Crippen LogP contribution in [0.1, 0.15) is 38.2 Å². The van der Waals surface area contributed by atoms with Crippen LogP contribution in [0.2, 0.25) is 5.02 Å². The predicted molar refractivity (Wildman–Crippen MR) is 104 cm³/mol. The molecule has 1 fully saturated rings. The lowest BCUT2D eigenvalue weighted by Crippen LogP contribution is -2.31. The Morgan fingerprint density at radius 2 is 1.88 bits per heavy atom. The van der Waals surface area contributed by atoms with Gasteiger partial charge in [0.1, 0.15) is 11.6 Å². The van der Waals surface area contributed by atoms with Gasteiger partial charge in [-0.1, -0.05) is 37.6 Å². The number of nitrogens with zero attached hydrogens (tertiary/aromatic N) is 3. The van der Waals surface area contributed by atoms with Gasteiger partial charge in [-0.2, -0.15) is 5.10 Å². The van der Waals surface area contributed by atoms with Crippen molar-refractivity contribution in [2.24, 2.45) is 0 Å². The minimum atomic E-state index is -0.443. The Kier molecular flexibility index (Phi) is 5.61. The first-order valence-electron chi connectivity index (χ1n) is 8.86. The van der Waals surface area contributed by atoms with Crippen molar-refractivity contribution in [1.82, 2.24) is 9.78 Å². The highest BCUT2D eigenvalue weighted by Gasteiger charge is 2.19. The van der Waals surface area contributed by atoms with E-state index in [0.717, 1.165) is 30.6 Å². The maximum atomic E-state index is 12.4. The van der Waals surface area contributed by atoms with Crippen LogP contribution < -0.4 is 15.8 Å². The highest BCUT2D eigenvalue weighted by molar-refractivity contribution is 6.33. The molecule has 0 unspecified atom stereocenters. The van der Waals surface area contributed by atoms with Gasteiger partial charge in [0.15, 0.2) is 0 Å².